The van der Waals surface area contributed by atoms with Gasteiger partial charge in [0.25, 0.3) is 5.69 Å². The Morgan fingerprint density at radius 3 is 2.43 bits per heavy atom. The van der Waals surface area contributed by atoms with Crippen LogP contribution in [0.4, 0.5) is 5.69 Å². The molecule has 1 aromatic rings. The Morgan fingerprint density at radius 2 is 1.95 bits per heavy atom. The second kappa shape index (κ2) is 5.95. The Balaban J connectivity index is 2.28. The lowest BCUT2D eigenvalue weighted by atomic mass is 9.62. The number of hydrogen-bond donors (Lipinski definition) is 0. The van der Waals surface area contributed by atoms with Crippen molar-refractivity contribution < 1.29 is 9.66 Å². The van der Waals surface area contributed by atoms with E-state index in [0.717, 1.165) is 24.8 Å². The van der Waals surface area contributed by atoms with Crippen LogP contribution in [0, 0.1) is 29.4 Å². The van der Waals surface area contributed by atoms with Crippen LogP contribution in [-0.2, 0) is 0 Å². The first-order valence-electron chi connectivity index (χ1n) is 7.42. The van der Waals surface area contributed by atoms with Crippen molar-refractivity contribution in [3.8, 4) is 5.75 Å². The van der Waals surface area contributed by atoms with E-state index in [1.165, 1.54) is 0 Å². The maximum atomic E-state index is 11.1. The second-order valence-electron chi connectivity index (χ2n) is 5.91. The molecular weight excluding hydrogens is 334 g/mol. The van der Waals surface area contributed by atoms with Gasteiger partial charge in [0.1, 0.15) is 11.9 Å². The number of rotatable bonds is 5. The molecule has 2 unspecified atom stereocenters. The Kier molecular flexibility index (Phi) is 4.61. The highest BCUT2D eigenvalue weighted by molar-refractivity contribution is 9.09. The monoisotopic (exact) mass is 355 g/mol. The zero-order valence-corrected chi connectivity index (χ0v) is 14.6. The molecule has 21 heavy (non-hydrogen) atoms. The quantitative estimate of drug-likeness (QED) is 0.427. The molecule has 2 rings (SSSR count). The summed E-state index contributed by atoms with van der Waals surface area (Å²) < 4.78 is 6.16. The zero-order chi connectivity index (χ0) is 15.8. The molecule has 1 aliphatic rings. The van der Waals surface area contributed by atoms with Crippen molar-refractivity contribution in [1.29, 1.82) is 0 Å². The van der Waals surface area contributed by atoms with E-state index in [9.17, 15) is 10.1 Å². The van der Waals surface area contributed by atoms with Gasteiger partial charge in [0.15, 0.2) is 0 Å². The summed E-state index contributed by atoms with van der Waals surface area (Å²) in [7, 11) is 0. The Bertz CT molecular complexity index is 555. The van der Waals surface area contributed by atoms with Crippen LogP contribution < -0.4 is 4.74 Å². The van der Waals surface area contributed by atoms with Gasteiger partial charge in [-0.2, -0.15) is 0 Å². The average molecular weight is 356 g/mol. The lowest BCUT2D eigenvalue weighted by Crippen LogP contribution is -2.56. The molecule has 4 nitrogen and oxygen atoms in total. The van der Waals surface area contributed by atoms with E-state index >= 15 is 0 Å². The maximum absolute atomic E-state index is 11.1. The van der Waals surface area contributed by atoms with Gasteiger partial charge in [0.2, 0.25) is 0 Å². The number of nitrogens with zero attached hydrogens (tertiary/aromatic N) is 1. The van der Waals surface area contributed by atoms with Crippen LogP contribution >= 0.6 is 15.9 Å². The van der Waals surface area contributed by atoms with Crippen molar-refractivity contribution in [3.63, 3.8) is 0 Å². The van der Waals surface area contributed by atoms with Gasteiger partial charge >= 0.3 is 0 Å². The molecule has 0 spiro atoms. The molecule has 0 radical (unpaired) electrons. The molecular formula is C16H22BrNO3. The number of benzene rings is 1. The highest BCUT2D eigenvalue weighted by Crippen LogP contribution is 2.53. The summed E-state index contributed by atoms with van der Waals surface area (Å²) >= 11 is 3.74. The Morgan fingerprint density at radius 1 is 1.33 bits per heavy atom. The van der Waals surface area contributed by atoms with Crippen molar-refractivity contribution in [2.75, 3.05) is 0 Å². The molecule has 5 heteroatoms. The van der Waals surface area contributed by atoms with E-state index in [0.29, 0.717) is 16.1 Å². The number of aryl methyl sites for hydroxylation is 2. The van der Waals surface area contributed by atoms with Crippen molar-refractivity contribution in [2.45, 2.75) is 57.9 Å². The Labute approximate surface area is 134 Å². The van der Waals surface area contributed by atoms with Crippen LogP contribution in [0.25, 0.3) is 0 Å². The number of halogens is 1. The highest BCUT2D eigenvalue weighted by atomic mass is 79.9. The molecule has 0 bridgehead atoms. The molecule has 1 aromatic carbocycles. The van der Waals surface area contributed by atoms with Gasteiger partial charge in [0, 0.05) is 15.8 Å². The molecule has 1 fully saturated rings. The molecule has 0 amide bonds. The van der Waals surface area contributed by atoms with Crippen LogP contribution in [0.3, 0.4) is 0 Å². The van der Waals surface area contributed by atoms with Crippen LogP contribution in [0.5, 0.6) is 5.75 Å². The molecule has 0 aliphatic heterocycles. The van der Waals surface area contributed by atoms with Gasteiger partial charge in [-0.1, -0.05) is 29.8 Å². The van der Waals surface area contributed by atoms with Crippen LogP contribution in [0.2, 0.25) is 0 Å². The van der Waals surface area contributed by atoms with Gasteiger partial charge < -0.3 is 4.74 Å². The first-order valence-corrected chi connectivity index (χ1v) is 8.33. The standard InChI is InChI=1S/C16H22BrNO3/c1-5-16(6-2)14(17)9-15(16)21-13-8-12(18(19)20)10(3)7-11(13)4/h7-8,14-15H,5-6,9H2,1-4H3. The van der Waals surface area contributed by atoms with E-state index in [1.54, 1.807) is 13.0 Å². The number of ether oxygens (including phenoxy) is 1. The molecule has 116 valence electrons. The van der Waals surface area contributed by atoms with Gasteiger partial charge in [-0.25, -0.2) is 0 Å². The molecule has 2 atom stereocenters. The average Bonchev–Trinajstić information content (AvgIpc) is 2.41. The minimum atomic E-state index is -0.345. The number of hydrogen-bond acceptors (Lipinski definition) is 3. The minimum Gasteiger partial charge on any atom is -0.489 e. The SMILES string of the molecule is CCC1(CC)C(Br)CC1Oc1cc([N+](=O)[O-])c(C)cc1C. The normalized spacial score (nSPS) is 23.5. The van der Waals surface area contributed by atoms with Crippen molar-refractivity contribution in [3.05, 3.63) is 33.4 Å². The van der Waals surface area contributed by atoms with Crippen LogP contribution in [0.1, 0.15) is 44.2 Å². The third kappa shape index (κ3) is 2.68. The summed E-state index contributed by atoms with van der Waals surface area (Å²) in [6.07, 6.45) is 3.15. The predicted octanol–water partition coefficient (Wildman–Crippen LogP) is 4.93. The van der Waals surface area contributed by atoms with Crippen molar-refractivity contribution in [1.82, 2.24) is 0 Å². The van der Waals surface area contributed by atoms with E-state index in [2.05, 4.69) is 29.8 Å². The maximum Gasteiger partial charge on any atom is 0.276 e. The fraction of sp³-hybridized carbons (Fsp3) is 0.625. The predicted molar refractivity (Wildman–Crippen MR) is 87.3 cm³/mol. The first-order chi connectivity index (χ1) is 9.85. The molecule has 1 saturated carbocycles. The van der Waals surface area contributed by atoms with Gasteiger partial charge in [0.05, 0.1) is 11.0 Å². The molecule has 0 heterocycles. The first kappa shape index (κ1) is 16.3. The highest BCUT2D eigenvalue weighted by Gasteiger charge is 2.53. The lowest BCUT2D eigenvalue weighted by molar-refractivity contribution is -0.385. The summed E-state index contributed by atoms with van der Waals surface area (Å²) in [4.78, 5) is 11.2. The fourth-order valence-electron chi connectivity index (χ4n) is 3.31. The van der Waals surface area contributed by atoms with Gasteiger partial charge in [-0.05, 0) is 44.7 Å². The zero-order valence-electron chi connectivity index (χ0n) is 13.0. The largest absolute Gasteiger partial charge is 0.489 e. The number of nitro groups is 1. The molecule has 1 aliphatic carbocycles. The summed E-state index contributed by atoms with van der Waals surface area (Å²) in [6.45, 7) is 8.06. The van der Waals surface area contributed by atoms with E-state index in [4.69, 9.17) is 4.74 Å². The van der Waals surface area contributed by atoms with Gasteiger partial charge in [-0.3, -0.25) is 10.1 Å². The molecule has 0 saturated heterocycles. The van der Waals surface area contributed by atoms with E-state index in [-0.39, 0.29) is 22.1 Å². The van der Waals surface area contributed by atoms with Crippen LogP contribution in [0.15, 0.2) is 12.1 Å². The summed E-state index contributed by atoms with van der Waals surface area (Å²) in [5, 5.41) is 11.1. The molecule has 0 aromatic heterocycles. The lowest BCUT2D eigenvalue weighted by Gasteiger charge is -2.52. The minimum absolute atomic E-state index is 0.123. The van der Waals surface area contributed by atoms with Crippen LogP contribution in [-0.4, -0.2) is 15.9 Å². The van der Waals surface area contributed by atoms with E-state index in [1.807, 2.05) is 13.0 Å². The summed E-state index contributed by atoms with van der Waals surface area (Å²) in [5.74, 6) is 0.642. The fourth-order valence-corrected chi connectivity index (χ4v) is 4.59. The third-order valence-electron chi connectivity index (χ3n) is 4.96. The second-order valence-corrected chi connectivity index (χ2v) is 7.02. The van der Waals surface area contributed by atoms with E-state index < -0.39 is 0 Å². The smallest absolute Gasteiger partial charge is 0.276 e. The third-order valence-corrected chi connectivity index (χ3v) is 6.25. The molecule has 0 N–H and O–H groups in total. The Hall–Kier alpha value is -1.10. The summed E-state index contributed by atoms with van der Waals surface area (Å²) in [6, 6.07) is 3.40. The number of nitro benzene ring substituents is 1. The van der Waals surface area contributed by atoms with Gasteiger partial charge in [-0.15, -0.1) is 0 Å². The summed E-state index contributed by atoms with van der Waals surface area (Å²) in [5.41, 5.74) is 1.89. The topological polar surface area (TPSA) is 52.4 Å². The van der Waals surface area contributed by atoms with Crippen molar-refractivity contribution >= 4 is 21.6 Å². The van der Waals surface area contributed by atoms with Crippen molar-refractivity contribution in [2.24, 2.45) is 5.41 Å². The number of alkyl halides is 1.